The molecular formula is C8H17NOSi. The number of rotatable bonds is 3. The molecule has 64 valence electrons. The molecule has 0 heterocycles. The van der Waals surface area contributed by atoms with Crippen molar-refractivity contribution in [2.45, 2.75) is 32.2 Å². The summed E-state index contributed by atoms with van der Waals surface area (Å²) in [7, 11) is -1.42. The Bertz CT molecular complexity index is 167. The van der Waals surface area contributed by atoms with Crippen molar-refractivity contribution in [1.82, 2.24) is 0 Å². The van der Waals surface area contributed by atoms with E-state index >= 15 is 0 Å². The van der Waals surface area contributed by atoms with E-state index in [9.17, 15) is 5.11 Å². The van der Waals surface area contributed by atoms with E-state index in [-0.39, 0.29) is 0 Å². The Morgan fingerprint density at radius 1 is 1.45 bits per heavy atom. The minimum atomic E-state index is -1.42. The zero-order valence-electron chi connectivity index (χ0n) is 7.76. The Balaban J connectivity index is 4.24. The van der Waals surface area contributed by atoms with E-state index in [1.807, 2.05) is 0 Å². The molecule has 0 aromatic carbocycles. The number of hydrogen-bond donors (Lipinski definition) is 1. The van der Waals surface area contributed by atoms with E-state index in [0.717, 1.165) is 0 Å². The molecule has 3 heteroatoms. The standard InChI is InChI=1S/C8H17NOSi/c1-6-8(2,10)7-9-11(3,4)5/h6-7,10H,1H2,2-5H3. The molecule has 0 bridgehead atoms. The molecule has 0 fully saturated rings. The first-order valence-electron chi connectivity index (χ1n) is 3.69. The van der Waals surface area contributed by atoms with Gasteiger partial charge in [0.2, 0.25) is 0 Å². The van der Waals surface area contributed by atoms with Crippen LogP contribution in [-0.2, 0) is 0 Å². The Hall–Kier alpha value is -0.413. The molecule has 0 aliphatic rings. The van der Waals surface area contributed by atoms with E-state index in [1.165, 1.54) is 6.08 Å². The fraction of sp³-hybridized carbons (Fsp3) is 0.625. The second-order valence-electron chi connectivity index (χ2n) is 3.86. The van der Waals surface area contributed by atoms with Gasteiger partial charge in [0.25, 0.3) is 0 Å². The van der Waals surface area contributed by atoms with Gasteiger partial charge in [-0.25, -0.2) is 0 Å². The van der Waals surface area contributed by atoms with E-state index in [0.29, 0.717) is 0 Å². The smallest absolute Gasteiger partial charge is 0.171 e. The second kappa shape index (κ2) is 3.32. The highest BCUT2D eigenvalue weighted by molar-refractivity contribution is 6.75. The summed E-state index contributed by atoms with van der Waals surface area (Å²) in [6, 6.07) is 0. The van der Waals surface area contributed by atoms with Gasteiger partial charge in [-0.2, -0.15) is 0 Å². The van der Waals surface area contributed by atoms with Gasteiger partial charge in [-0.05, 0) is 26.6 Å². The third-order valence-electron chi connectivity index (χ3n) is 1.13. The van der Waals surface area contributed by atoms with Crippen LogP contribution in [0.15, 0.2) is 17.3 Å². The van der Waals surface area contributed by atoms with Crippen LogP contribution in [0.2, 0.25) is 19.6 Å². The summed E-state index contributed by atoms with van der Waals surface area (Å²) in [5.41, 5.74) is -0.944. The third-order valence-corrected chi connectivity index (χ3v) is 2.03. The van der Waals surface area contributed by atoms with Crippen molar-refractivity contribution in [3.8, 4) is 0 Å². The summed E-state index contributed by atoms with van der Waals surface area (Å²) in [4.78, 5) is 0. The van der Waals surface area contributed by atoms with Crippen LogP contribution in [0.1, 0.15) is 6.92 Å². The highest BCUT2D eigenvalue weighted by atomic mass is 28.3. The highest BCUT2D eigenvalue weighted by Crippen LogP contribution is 2.05. The van der Waals surface area contributed by atoms with Crippen LogP contribution in [-0.4, -0.2) is 25.2 Å². The van der Waals surface area contributed by atoms with Crippen LogP contribution in [0.25, 0.3) is 0 Å². The molecule has 0 spiro atoms. The number of nitrogens with zero attached hydrogens (tertiary/aromatic N) is 1. The molecule has 11 heavy (non-hydrogen) atoms. The van der Waals surface area contributed by atoms with Gasteiger partial charge in [-0.1, -0.05) is 12.7 Å². The zero-order chi connectivity index (χ0) is 9.12. The van der Waals surface area contributed by atoms with Crippen LogP contribution >= 0.6 is 0 Å². The molecule has 1 unspecified atom stereocenters. The molecule has 0 amide bonds. The average Bonchev–Trinajstić information content (AvgIpc) is 1.83. The predicted octanol–water partition coefficient (Wildman–Crippen LogP) is 1.83. The molecule has 0 aliphatic heterocycles. The Labute approximate surface area is 69.8 Å². The Kier molecular flexibility index (Phi) is 3.20. The van der Waals surface area contributed by atoms with E-state index in [1.54, 1.807) is 13.1 Å². The molecule has 1 N–H and O–H groups in total. The van der Waals surface area contributed by atoms with Gasteiger partial charge in [-0.3, -0.25) is 0 Å². The van der Waals surface area contributed by atoms with Crippen molar-refractivity contribution >= 4 is 14.5 Å². The minimum absolute atomic E-state index is 0.944. The van der Waals surface area contributed by atoms with Gasteiger partial charge in [0.05, 0.1) is 0 Å². The first-order chi connectivity index (χ1) is 4.77. The monoisotopic (exact) mass is 171 g/mol. The summed E-state index contributed by atoms with van der Waals surface area (Å²) < 4.78 is 4.29. The zero-order valence-corrected chi connectivity index (χ0v) is 8.76. The Morgan fingerprint density at radius 3 is 2.18 bits per heavy atom. The lowest BCUT2D eigenvalue weighted by Crippen LogP contribution is -2.26. The fourth-order valence-electron chi connectivity index (χ4n) is 0.377. The van der Waals surface area contributed by atoms with Gasteiger partial charge in [0.1, 0.15) is 5.60 Å². The van der Waals surface area contributed by atoms with Crippen LogP contribution in [0.4, 0.5) is 0 Å². The fourth-order valence-corrected chi connectivity index (χ4v) is 1.03. The van der Waals surface area contributed by atoms with Crippen molar-refractivity contribution in [3.63, 3.8) is 0 Å². The summed E-state index contributed by atoms with van der Waals surface area (Å²) in [5, 5.41) is 9.44. The molecule has 0 rings (SSSR count). The van der Waals surface area contributed by atoms with Gasteiger partial charge in [-0.15, -0.1) is 0 Å². The Morgan fingerprint density at radius 2 is 1.91 bits per heavy atom. The summed E-state index contributed by atoms with van der Waals surface area (Å²) >= 11 is 0. The molecule has 0 aromatic heterocycles. The maximum atomic E-state index is 9.44. The normalized spacial score (nSPS) is 18.3. The van der Waals surface area contributed by atoms with Gasteiger partial charge in [0.15, 0.2) is 8.24 Å². The average molecular weight is 171 g/mol. The minimum Gasteiger partial charge on any atom is -0.380 e. The lowest BCUT2D eigenvalue weighted by atomic mass is 10.1. The molecule has 2 nitrogen and oxygen atoms in total. The quantitative estimate of drug-likeness (QED) is 0.392. The highest BCUT2D eigenvalue weighted by Gasteiger charge is 2.15. The molecule has 0 saturated heterocycles. The summed E-state index contributed by atoms with van der Waals surface area (Å²) in [6.07, 6.45) is 3.06. The molecule has 0 saturated carbocycles. The molecule has 0 radical (unpaired) electrons. The lowest BCUT2D eigenvalue weighted by molar-refractivity contribution is 0.190. The van der Waals surface area contributed by atoms with Crippen molar-refractivity contribution in [1.29, 1.82) is 0 Å². The van der Waals surface area contributed by atoms with Crippen molar-refractivity contribution in [2.75, 3.05) is 0 Å². The topological polar surface area (TPSA) is 32.6 Å². The van der Waals surface area contributed by atoms with Crippen molar-refractivity contribution < 1.29 is 5.11 Å². The summed E-state index contributed by atoms with van der Waals surface area (Å²) in [6.45, 7) is 11.5. The first-order valence-corrected chi connectivity index (χ1v) is 7.14. The third kappa shape index (κ3) is 6.00. The van der Waals surface area contributed by atoms with Gasteiger partial charge >= 0.3 is 0 Å². The van der Waals surface area contributed by atoms with Crippen LogP contribution in [0.3, 0.4) is 0 Å². The lowest BCUT2D eigenvalue weighted by Gasteiger charge is -2.15. The van der Waals surface area contributed by atoms with E-state index < -0.39 is 13.8 Å². The maximum absolute atomic E-state index is 9.44. The van der Waals surface area contributed by atoms with E-state index in [4.69, 9.17) is 0 Å². The van der Waals surface area contributed by atoms with Crippen LogP contribution in [0, 0.1) is 0 Å². The second-order valence-corrected chi connectivity index (χ2v) is 8.46. The first kappa shape index (κ1) is 10.6. The number of aliphatic hydroxyl groups is 1. The van der Waals surface area contributed by atoms with Gasteiger partial charge in [0, 0.05) is 6.21 Å². The van der Waals surface area contributed by atoms with Crippen molar-refractivity contribution in [2.24, 2.45) is 4.66 Å². The molecule has 0 aliphatic carbocycles. The predicted molar refractivity (Wildman–Crippen MR) is 52.7 cm³/mol. The number of hydrogen-bond acceptors (Lipinski definition) is 2. The van der Waals surface area contributed by atoms with Gasteiger partial charge < -0.3 is 9.76 Å². The maximum Gasteiger partial charge on any atom is 0.171 e. The van der Waals surface area contributed by atoms with E-state index in [2.05, 4.69) is 30.9 Å². The molecule has 0 aromatic rings. The molecule has 1 atom stereocenters. The van der Waals surface area contributed by atoms with Crippen LogP contribution in [0.5, 0.6) is 0 Å². The largest absolute Gasteiger partial charge is 0.380 e. The SMILES string of the molecule is C=CC(C)(O)C=N[Si](C)(C)C. The summed E-state index contributed by atoms with van der Waals surface area (Å²) in [5.74, 6) is 0. The van der Waals surface area contributed by atoms with Crippen molar-refractivity contribution in [3.05, 3.63) is 12.7 Å². The molecular weight excluding hydrogens is 154 g/mol. The van der Waals surface area contributed by atoms with Crippen LogP contribution < -0.4 is 0 Å².